The van der Waals surface area contributed by atoms with Crippen LogP contribution in [0.25, 0.3) is 0 Å². The fourth-order valence-corrected chi connectivity index (χ4v) is 2.61. The van der Waals surface area contributed by atoms with Crippen molar-refractivity contribution in [2.75, 3.05) is 6.54 Å². The molecular weight excluding hydrogens is 351 g/mol. The van der Waals surface area contributed by atoms with Crippen LogP contribution in [0, 0.1) is 0 Å². The molecule has 0 amide bonds. The number of aromatic nitrogens is 1. The molecule has 0 saturated heterocycles. The van der Waals surface area contributed by atoms with E-state index in [9.17, 15) is 4.79 Å². The Bertz CT molecular complexity index is 748. The Hall–Kier alpha value is -1.75. The van der Waals surface area contributed by atoms with Gasteiger partial charge >= 0.3 is 0 Å². The van der Waals surface area contributed by atoms with E-state index in [-0.39, 0.29) is 10.8 Å². The molecule has 1 aromatic heterocycles. The van der Waals surface area contributed by atoms with Crippen molar-refractivity contribution in [2.45, 2.75) is 6.04 Å². The Morgan fingerprint density at radius 2 is 1.96 bits per heavy atom. The molecule has 0 aliphatic rings. The highest BCUT2D eigenvalue weighted by Crippen LogP contribution is 2.24. The number of carbonyl (C=O) groups excluding carboxylic acids is 1. The molecule has 1 atom stereocenters. The molecule has 1 heterocycles. The number of aliphatic imine (C=N–C) groups is 1. The summed E-state index contributed by atoms with van der Waals surface area (Å²) < 4.78 is 1.72. The highest BCUT2D eigenvalue weighted by atomic mass is 35.5. The highest BCUT2D eigenvalue weighted by molar-refractivity contribution is 7.77. The van der Waals surface area contributed by atoms with E-state index in [2.05, 4.69) is 11.6 Å². The van der Waals surface area contributed by atoms with Crippen molar-refractivity contribution in [3.8, 4) is 0 Å². The smallest absolute Gasteiger partial charge is 0.237 e. The van der Waals surface area contributed by atoms with Crippen molar-refractivity contribution in [2.24, 2.45) is 4.99 Å². The summed E-state index contributed by atoms with van der Waals surface area (Å²) in [5.41, 5.74) is 0.428. The zero-order chi connectivity index (χ0) is 16.8. The van der Waals surface area contributed by atoms with Gasteiger partial charge in [-0.05, 0) is 23.2 Å². The van der Waals surface area contributed by atoms with Gasteiger partial charge in [0.15, 0.2) is 12.4 Å². The zero-order valence-corrected chi connectivity index (χ0v) is 14.5. The lowest BCUT2D eigenvalue weighted by atomic mass is 10.0. The van der Waals surface area contributed by atoms with Gasteiger partial charge < -0.3 is 17.6 Å². The first-order chi connectivity index (χ1) is 11.0. The van der Waals surface area contributed by atoms with E-state index in [1.54, 1.807) is 41.2 Å². The molecule has 0 bridgehead atoms. The van der Waals surface area contributed by atoms with E-state index in [0.717, 1.165) is 0 Å². The van der Waals surface area contributed by atoms with Crippen molar-refractivity contribution in [1.82, 2.24) is 0 Å². The summed E-state index contributed by atoms with van der Waals surface area (Å²) in [5.74, 6) is -0.197. The van der Waals surface area contributed by atoms with Crippen LogP contribution >= 0.6 is 23.2 Å². The lowest BCUT2D eigenvalue weighted by molar-refractivity contribution is -0.691. The van der Waals surface area contributed by atoms with Crippen molar-refractivity contribution in [3.05, 3.63) is 77.1 Å². The molecule has 0 aliphatic carbocycles. The Kier molecular flexibility index (Phi) is 6.28. The van der Waals surface area contributed by atoms with E-state index in [0.29, 0.717) is 22.2 Å². The zero-order valence-electron chi connectivity index (χ0n) is 12.2. The van der Waals surface area contributed by atoms with Crippen LogP contribution in [0.4, 0.5) is 0 Å². The lowest BCUT2D eigenvalue weighted by Gasteiger charge is -2.18. The predicted octanol–water partition coefficient (Wildman–Crippen LogP) is 3.84. The minimum atomic E-state index is -0.719. The first kappa shape index (κ1) is 17.6. The van der Waals surface area contributed by atoms with Gasteiger partial charge in [-0.15, -0.1) is 6.58 Å². The van der Waals surface area contributed by atoms with Crippen molar-refractivity contribution in [3.63, 3.8) is 0 Å². The van der Waals surface area contributed by atoms with E-state index in [4.69, 9.17) is 35.8 Å². The van der Waals surface area contributed by atoms with Crippen molar-refractivity contribution >= 4 is 46.7 Å². The molecule has 0 spiro atoms. The average Bonchev–Trinajstić information content (AvgIpc) is 2.56. The summed E-state index contributed by atoms with van der Waals surface area (Å²) in [6.07, 6.45) is 5.17. The molecule has 1 unspecified atom stereocenters. The molecule has 0 saturated carbocycles. The standard InChI is InChI=1S/C17H14Cl2N2OS/c1-2-8-20-17(23)15(21-9-4-3-5-10-21)16(22)12-6-7-13(18)14(19)11-12/h2-7,9-11,15H,1,8H2. The number of nitrogens with zero attached hydrogens (tertiary/aromatic N) is 2. The van der Waals surface area contributed by atoms with Crippen LogP contribution < -0.4 is 4.57 Å². The number of rotatable bonds is 6. The monoisotopic (exact) mass is 364 g/mol. The van der Waals surface area contributed by atoms with Gasteiger partial charge in [-0.3, -0.25) is 4.79 Å². The quantitative estimate of drug-likeness (QED) is 0.195. The van der Waals surface area contributed by atoms with Gasteiger partial charge in [0.1, 0.15) is 0 Å². The maximum atomic E-state index is 12.9. The number of halogens is 2. The topological polar surface area (TPSA) is 33.3 Å². The molecule has 2 rings (SSSR count). The maximum Gasteiger partial charge on any atom is 0.237 e. The van der Waals surface area contributed by atoms with E-state index < -0.39 is 6.04 Å². The molecule has 0 radical (unpaired) electrons. The van der Waals surface area contributed by atoms with Crippen LogP contribution in [0.3, 0.4) is 0 Å². The number of Topliss-reactive ketones (excluding diaryl/α,β-unsaturated/α-hetero) is 1. The predicted molar refractivity (Wildman–Crippen MR) is 96.3 cm³/mol. The largest absolute Gasteiger partial charge is 0.758 e. The number of ketones is 1. The van der Waals surface area contributed by atoms with Gasteiger partial charge in [-0.25, -0.2) is 0 Å². The fraction of sp³-hybridized carbons (Fsp3) is 0.118. The first-order valence-electron chi connectivity index (χ1n) is 6.82. The third-order valence-corrected chi connectivity index (χ3v) is 4.19. The fourth-order valence-electron chi connectivity index (χ4n) is 2.01. The molecule has 6 heteroatoms. The number of hydrogen-bond acceptors (Lipinski definition) is 3. The summed E-state index contributed by atoms with van der Waals surface area (Å²) in [6, 6.07) is 9.55. The molecule has 118 valence electrons. The summed E-state index contributed by atoms with van der Waals surface area (Å²) in [5, 5.41) is 1.01. The summed E-state index contributed by atoms with van der Waals surface area (Å²) in [7, 11) is 0. The minimum absolute atomic E-state index is 0.197. The SMILES string of the molecule is C=CCN=C([S-])C(C(=O)c1ccc(Cl)c(Cl)c1)[n+]1ccccc1. The molecule has 0 fully saturated rings. The number of carbonyl (C=O) groups is 1. The molecule has 2 aromatic rings. The van der Waals surface area contributed by atoms with Gasteiger partial charge in [0.2, 0.25) is 11.8 Å². The maximum absolute atomic E-state index is 12.9. The van der Waals surface area contributed by atoms with Crippen molar-refractivity contribution in [1.29, 1.82) is 0 Å². The normalized spacial score (nSPS) is 12.7. The number of benzene rings is 1. The Labute approximate surface area is 150 Å². The molecule has 0 aliphatic heterocycles. The molecular formula is C17H14Cl2N2OS. The molecule has 23 heavy (non-hydrogen) atoms. The van der Waals surface area contributed by atoms with E-state index in [1.165, 1.54) is 0 Å². The molecule has 3 nitrogen and oxygen atoms in total. The van der Waals surface area contributed by atoms with Gasteiger partial charge in [0, 0.05) is 17.7 Å². The Balaban J connectivity index is 2.46. The number of hydrogen-bond donors (Lipinski definition) is 0. The molecule has 0 N–H and O–H groups in total. The third kappa shape index (κ3) is 4.38. The second-order valence-corrected chi connectivity index (χ2v) is 5.92. The first-order valence-corrected chi connectivity index (χ1v) is 7.98. The van der Waals surface area contributed by atoms with E-state index >= 15 is 0 Å². The van der Waals surface area contributed by atoms with Crippen LogP contribution in [-0.4, -0.2) is 17.4 Å². The summed E-state index contributed by atoms with van der Waals surface area (Å²) >= 11 is 17.3. The van der Waals surface area contributed by atoms with Crippen molar-refractivity contribution < 1.29 is 9.36 Å². The average molecular weight is 365 g/mol. The number of pyridine rings is 1. The summed E-state index contributed by atoms with van der Waals surface area (Å²) in [4.78, 5) is 17.1. The van der Waals surface area contributed by atoms with Gasteiger partial charge in [-0.2, -0.15) is 4.57 Å². The van der Waals surface area contributed by atoms with Crippen LogP contribution in [0.5, 0.6) is 0 Å². The summed E-state index contributed by atoms with van der Waals surface area (Å²) in [6.45, 7) is 3.97. The van der Waals surface area contributed by atoms with Crippen LogP contribution in [0.1, 0.15) is 16.4 Å². The van der Waals surface area contributed by atoms with E-state index in [1.807, 2.05) is 18.2 Å². The second kappa shape index (κ2) is 8.20. The minimum Gasteiger partial charge on any atom is -0.758 e. The third-order valence-electron chi connectivity index (χ3n) is 3.10. The second-order valence-electron chi connectivity index (χ2n) is 4.69. The van der Waals surface area contributed by atoms with Gasteiger partial charge in [0.25, 0.3) is 0 Å². The van der Waals surface area contributed by atoms with Gasteiger partial charge in [0.05, 0.1) is 16.6 Å². The lowest BCUT2D eigenvalue weighted by Crippen LogP contribution is -2.47. The van der Waals surface area contributed by atoms with Crippen LogP contribution in [0.2, 0.25) is 10.0 Å². The van der Waals surface area contributed by atoms with Gasteiger partial charge in [-0.1, -0.05) is 35.3 Å². The Morgan fingerprint density at radius 3 is 2.57 bits per heavy atom. The van der Waals surface area contributed by atoms with Crippen LogP contribution in [0.15, 0.2) is 66.4 Å². The molecule has 1 aromatic carbocycles. The Morgan fingerprint density at radius 1 is 1.26 bits per heavy atom. The highest BCUT2D eigenvalue weighted by Gasteiger charge is 2.28. The van der Waals surface area contributed by atoms with Crippen LogP contribution in [-0.2, 0) is 12.6 Å².